The van der Waals surface area contributed by atoms with E-state index in [1.165, 1.54) is 21.2 Å². The molecule has 0 aliphatic heterocycles. The zero-order chi connectivity index (χ0) is 40.3. The first-order valence-electron chi connectivity index (χ1n) is 20.0. The van der Waals surface area contributed by atoms with Crippen LogP contribution in [0.2, 0.25) is 0 Å². The molecule has 286 valence electrons. The van der Waals surface area contributed by atoms with Crippen LogP contribution in [0.15, 0.2) is 210 Å². The molecule has 2 aliphatic rings. The summed E-state index contributed by atoms with van der Waals surface area (Å²) in [6.07, 6.45) is 21.0. The molecular weight excluding hydrogens is 755 g/mol. The van der Waals surface area contributed by atoms with E-state index in [-0.39, 0.29) is 0 Å². The third-order valence-electron chi connectivity index (χ3n) is 11.4. The van der Waals surface area contributed by atoms with Crippen LogP contribution < -0.4 is 0 Å². The fourth-order valence-electron chi connectivity index (χ4n) is 8.46. The van der Waals surface area contributed by atoms with Crippen molar-refractivity contribution in [3.63, 3.8) is 0 Å². The monoisotopic (exact) mass is 797 g/mol. The largest absolute Gasteiger partial charge is 0.208 e. The minimum atomic E-state index is 0.365. The first kappa shape index (κ1) is 38.1. The number of aromatic nitrogens is 3. The Kier molecular flexibility index (Phi) is 10.9. The first-order chi connectivity index (χ1) is 29.0. The van der Waals surface area contributed by atoms with Crippen molar-refractivity contribution >= 4 is 40.1 Å². The van der Waals surface area contributed by atoms with Gasteiger partial charge in [0.25, 0.3) is 0 Å². The Bertz CT molecular complexity index is 2870. The predicted octanol–water partition coefficient (Wildman–Crippen LogP) is 14.7. The molecule has 5 aromatic carbocycles. The Balaban J connectivity index is 1.13. The quantitative estimate of drug-likeness (QED) is 0.111. The second kappa shape index (κ2) is 16.8. The van der Waals surface area contributed by atoms with Crippen LogP contribution in [0.3, 0.4) is 0 Å². The van der Waals surface area contributed by atoms with Crippen LogP contribution in [0.1, 0.15) is 18.9 Å². The molecule has 0 fully saturated rings. The molecule has 0 bridgehead atoms. The number of fused-ring (bicyclic) bond motifs is 2. The van der Waals surface area contributed by atoms with Crippen LogP contribution in [0, 0.1) is 17.8 Å². The summed E-state index contributed by atoms with van der Waals surface area (Å²) in [5.74, 6) is 3.03. The smallest absolute Gasteiger partial charge is 0.164 e. The van der Waals surface area contributed by atoms with Crippen LogP contribution in [-0.4, -0.2) is 15.0 Å². The van der Waals surface area contributed by atoms with Crippen molar-refractivity contribution in [1.29, 1.82) is 0 Å². The molecule has 9 rings (SSSR count). The summed E-state index contributed by atoms with van der Waals surface area (Å²) in [5.41, 5.74) is 11.7. The van der Waals surface area contributed by atoms with Gasteiger partial charge in [0.2, 0.25) is 0 Å². The van der Waals surface area contributed by atoms with Gasteiger partial charge in [-0.1, -0.05) is 177 Å². The van der Waals surface area contributed by atoms with Gasteiger partial charge < -0.3 is 0 Å². The first-order valence-corrected chi connectivity index (χ1v) is 21.3. The van der Waals surface area contributed by atoms with E-state index in [9.17, 15) is 0 Å². The van der Waals surface area contributed by atoms with Crippen LogP contribution in [-0.2, 0) is 0 Å². The maximum Gasteiger partial charge on any atom is 0.164 e. The van der Waals surface area contributed by atoms with Gasteiger partial charge in [-0.25, -0.2) is 15.0 Å². The molecule has 0 saturated carbocycles. The van der Waals surface area contributed by atoms with Crippen LogP contribution in [0.25, 0.3) is 72.6 Å². The Morgan fingerprint density at radius 3 is 2.14 bits per heavy atom. The molecule has 0 amide bonds. The average Bonchev–Trinajstić information content (AvgIpc) is 3.70. The highest BCUT2D eigenvalue weighted by Gasteiger charge is 2.31. The summed E-state index contributed by atoms with van der Waals surface area (Å²) in [6.45, 7) is 10.9. The van der Waals surface area contributed by atoms with Crippen LogP contribution in [0.5, 0.6) is 0 Å². The molecule has 2 aliphatic carbocycles. The van der Waals surface area contributed by atoms with E-state index < -0.39 is 0 Å². The Hall–Kier alpha value is -6.40. The maximum atomic E-state index is 5.27. The maximum absolute atomic E-state index is 5.27. The molecule has 2 heterocycles. The van der Waals surface area contributed by atoms with Gasteiger partial charge in [-0.2, -0.15) is 0 Å². The lowest BCUT2D eigenvalue weighted by molar-refractivity contribution is 0.388. The van der Waals surface area contributed by atoms with Gasteiger partial charge in [0, 0.05) is 43.2 Å². The van der Waals surface area contributed by atoms with E-state index in [0.717, 1.165) is 61.4 Å². The molecule has 2 aromatic heterocycles. The highest BCUT2D eigenvalue weighted by atomic mass is 32.1. The molecule has 0 spiro atoms. The highest BCUT2D eigenvalue weighted by Crippen LogP contribution is 2.44. The summed E-state index contributed by atoms with van der Waals surface area (Å²) >= 11 is 6.68. The molecule has 7 aromatic rings. The molecular formula is C54H43N3S2. The molecule has 0 saturated heterocycles. The zero-order valence-electron chi connectivity index (χ0n) is 32.9. The van der Waals surface area contributed by atoms with E-state index in [1.807, 2.05) is 66.7 Å². The van der Waals surface area contributed by atoms with E-state index in [4.69, 9.17) is 27.6 Å². The minimum Gasteiger partial charge on any atom is -0.208 e. The molecule has 3 atom stereocenters. The Morgan fingerprint density at radius 1 is 0.712 bits per heavy atom. The van der Waals surface area contributed by atoms with E-state index >= 15 is 0 Å². The zero-order valence-corrected chi connectivity index (χ0v) is 34.6. The Morgan fingerprint density at radius 2 is 1.36 bits per heavy atom. The second-order valence-corrected chi connectivity index (χ2v) is 16.4. The average molecular weight is 798 g/mol. The normalized spacial score (nSPS) is 17.7. The number of nitrogens with zero attached hydrogens (tertiary/aromatic N) is 3. The van der Waals surface area contributed by atoms with Gasteiger partial charge in [-0.15, -0.1) is 24.0 Å². The van der Waals surface area contributed by atoms with Crippen molar-refractivity contribution < 1.29 is 0 Å². The number of hydrogen-bond donors (Lipinski definition) is 1. The number of thiol groups is 1. The summed E-state index contributed by atoms with van der Waals surface area (Å²) in [5, 5.41) is 3.44. The molecule has 0 radical (unpaired) electrons. The van der Waals surface area contributed by atoms with E-state index in [0.29, 0.717) is 35.2 Å². The lowest BCUT2D eigenvalue weighted by Gasteiger charge is -2.36. The fourth-order valence-corrected chi connectivity index (χ4v) is 9.74. The van der Waals surface area contributed by atoms with Gasteiger partial charge in [-0.3, -0.25) is 0 Å². The van der Waals surface area contributed by atoms with Gasteiger partial charge in [0.1, 0.15) is 0 Å². The number of benzene rings is 5. The van der Waals surface area contributed by atoms with Crippen molar-refractivity contribution in [3.8, 4) is 56.4 Å². The molecule has 0 N–H and O–H groups in total. The lowest BCUT2D eigenvalue weighted by atomic mass is 9.68. The SMILES string of the molecule is C=CC(/C=C/CC1C(=C)C(C)=CC2C=CC=CC21)=C\c1csc2cccc(-c3ccccc3-c3nc(-c4ccccc4)nc(-c4cccc(S)c4-c4ccccc4)n3)c12. The Labute approximate surface area is 356 Å². The summed E-state index contributed by atoms with van der Waals surface area (Å²) in [4.78, 5) is 16.4. The second-order valence-electron chi connectivity index (χ2n) is 15.0. The van der Waals surface area contributed by atoms with Crippen molar-refractivity contribution in [3.05, 3.63) is 211 Å². The third kappa shape index (κ3) is 7.68. The van der Waals surface area contributed by atoms with Crippen LogP contribution >= 0.6 is 24.0 Å². The van der Waals surface area contributed by atoms with Crippen molar-refractivity contribution in [1.82, 2.24) is 15.0 Å². The van der Waals surface area contributed by atoms with Crippen LogP contribution in [0.4, 0.5) is 0 Å². The number of rotatable bonds is 10. The minimum absolute atomic E-state index is 0.365. The van der Waals surface area contributed by atoms with E-state index in [2.05, 4.69) is 135 Å². The predicted molar refractivity (Wildman–Crippen MR) is 253 cm³/mol. The number of thiophene rings is 1. The van der Waals surface area contributed by atoms with E-state index in [1.54, 1.807) is 11.3 Å². The lowest BCUT2D eigenvalue weighted by Crippen LogP contribution is -2.26. The molecule has 3 unspecified atom stereocenters. The highest BCUT2D eigenvalue weighted by molar-refractivity contribution is 7.80. The number of allylic oxidation sites excluding steroid dienone is 11. The van der Waals surface area contributed by atoms with Crippen molar-refractivity contribution in [2.24, 2.45) is 17.8 Å². The van der Waals surface area contributed by atoms with Crippen molar-refractivity contribution in [2.75, 3.05) is 0 Å². The topological polar surface area (TPSA) is 38.7 Å². The summed E-state index contributed by atoms with van der Waals surface area (Å²) < 4.78 is 1.21. The summed E-state index contributed by atoms with van der Waals surface area (Å²) in [7, 11) is 0. The van der Waals surface area contributed by atoms with Crippen molar-refractivity contribution in [2.45, 2.75) is 18.2 Å². The van der Waals surface area contributed by atoms with Gasteiger partial charge in [-0.05, 0) is 82.2 Å². The third-order valence-corrected chi connectivity index (χ3v) is 12.8. The summed E-state index contributed by atoms with van der Waals surface area (Å²) in [6, 6.07) is 41.5. The molecule has 5 heteroatoms. The number of hydrogen-bond acceptors (Lipinski definition) is 5. The molecule has 3 nitrogen and oxygen atoms in total. The fraction of sp³-hybridized carbons (Fsp3) is 0.0926. The van der Waals surface area contributed by atoms with Gasteiger partial charge >= 0.3 is 0 Å². The standard InChI is InChI=1S/C54H43N3S2/c1-4-37(18-15-27-42-36(3)35(2)32-40-23-11-12-24-43(40)42)33-41-34-59-49-31-17-28-45(51(41)49)44-25-13-14-26-46(44)53-55-52(39-21-9-6-10-22-39)56-54(57-53)47-29-16-30-48(58)50(47)38-19-7-5-8-20-38/h4-26,28-34,40,42-43,58H,1,3,27H2,2H3/b18-15+,37-33+. The van der Waals surface area contributed by atoms with Gasteiger partial charge in [0.15, 0.2) is 17.5 Å². The molecule has 59 heavy (non-hydrogen) atoms. The van der Waals surface area contributed by atoms with Gasteiger partial charge in [0.05, 0.1) is 0 Å².